The fourth-order valence-corrected chi connectivity index (χ4v) is 10.5. The Labute approximate surface area is 405 Å². The summed E-state index contributed by atoms with van der Waals surface area (Å²) in [6.07, 6.45) is 12.0. The summed E-state index contributed by atoms with van der Waals surface area (Å²) in [5.41, 5.74) is 1.26. The number of carbonyl (C=O) groups excluding carboxylic acids is 5. The number of fused-ring (bicyclic) bond motifs is 3. The number of methoxy groups -OCH3 is 3. The Bertz CT molecular complexity index is 1810. The van der Waals surface area contributed by atoms with Gasteiger partial charge < -0.3 is 48.6 Å². The molecule has 1 unspecified atom stereocenters. The molecule has 0 aromatic heterocycles. The maximum atomic E-state index is 14.5. The Morgan fingerprint density at radius 2 is 1.59 bits per heavy atom. The van der Waals surface area contributed by atoms with Crippen LogP contribution in [0, 0.1) is 35.5 Å². The third kappa shape index (κ3) is 15.3. The zero-order valence-corrected chi connectivity index (χ0v) is 42.4. The zero-order valence-electron chi connectivity index (χ0n) is 42.4. The number of allylic oxidation sites excluding steroid dienone is 6. The van der Waals surface area contributed by atoms with E-state index in [2.05, 4.69) is 0 Å². The Kier molecular flexibility index (Phi) is 22.9. The minimum Gasteiger partial charge on any atom is -0.460 e. The summed E-state index contributed by atoms with van der Waals surface area (Å²) in [4.78, 5) is 72.1. The lowest BCUT2D eigenvalue weighted by molar-refractivity contribution is -0.265. The SMILES string of the molecule is CO[C@H]1CC2CC[C@@H](C)[C@@](O)(O2)C(=O)C(=O)N2CCCC[C@H]2C(=O)O[C@H]([C@H](C)C[C@@H]2CC[C@@H](OCCO)[C@H](OC)C2)CC(=O)[C@H](C)/C=C(\C)[C@@H](O)[C@@H](OC)C(=O)[C@H](C)C[C@H](C)/C=C/C=CC=C1C. The van der Waals surface area contributed by atoms with Crippen molar-refractivity contribution in [3.63, 3.8) is 0 Å². The Balaban J connectivity index is 1.70. The van der Waals surface area contributed by atoms with Gasteiger partial charge in [0.05, 0.1) is 37.6 Å². The Hall–Kier alpha value is -3.41. The molecule has 3 aliphatic heterocycles. The molecular weight excluding hydrogens is 875 g/mol. The minimum atomic E-state index is -2.43. The lowest BCUT2D eigenvalue weighted by Gasteiger charge is -2.42. The van der Waals surface area contributed by atoms with Crippen LogP contribution in [0.15, 0.2) is 47.6 Å². The van der Waals surface area contributed by atoms with Crippen molar-refractivity contribution in [1.29, 1.82) is 0 Å². The number of ketones is 3. The largest absolute Gasteiger partial charge is 0.460 e. The van der Waals surface area contributed by atoms with Gasteiger partial charge in [0.15, 0.2) is 5.78 Å². The van der Waals surface area contributed by atoms with E-state index in [1.165, 1.54) is 12.0 Å². The van der Waals surface area contributed by atoms with E-state index in [0.717, 1.165) is 12.0 Å². The summed E-state index contributed by atoms with van der Waals surface area (Å²) >= 11 is 0. The van der Waals surface area contributed by atoms with Crippen molar-refractivity contribution in [2.45, 2.75) is 180 Å². The topological polar surface area (TPSA) is 205 Å². The van der Waals surface area contributed by atoms with Gasteiger partial charge in [-0.2, -0.15) is 0 Å². The van der Waals surface area contributed by atoms with Gasteiger partial charge in [-0.05, 0) is 107 Å². The van der Waals surface area contributed by atoms with Crippen molar-refractivity contribution in [1.82, 2.24) is 4.90 Å². The van der Waals surface area contributed by atoms with Gasteiger partial charge in [0.25, 0.3) is 11.7 Å². The van der Waals surface area contributed by atoms with Crippen molar-refractivity contribution < 1.29 is 67.7 Å². The molecule has 3 N–H and O–H groups in total. The highest BCUT2D eigenvalue weighted by atomic mass is 16.6. The molecule has 15 atom stereocenters. The number of aliphatic hydroxyl groups excluding tert-OH is 2. The molecule has 0 aromatic rings. The minimum absolute atomic E-state index is 0.0158. The number of rotatable bonds is 9. The number of nitrogens with zero attached hydrogens (tertiary/aromatic N) is 1. The number of amides is 1. The lowest BCUT2D eigenvalue weighted by Crippen LogP contribution is -2.61. The molecule has 2 bridgehead atoms. The van der Waals surface area contributed by atoms with Gasteiger partial charge in [0.1, 0.15) is 30.1 Å². The van der Waals surface area contributed by atoms with E-state index >= 15 is 0 Å². The maximum absolute atomic E-state index is 14.5. The average Bonchev–Trinajstić information content (AvgIpc) is 3.32. The number of aliphatic hydroxyl groups is 3. The first kappa shape index (κ1) is 57.2. The molecule has 1 amide bonds. The molecular formula is C53H83NO14. The van der Waals surface area contributed by atoms with Crippen LogP contribution in [0.3, 0.4) is 0 Å². The van der Waals surface area contributed by atoms with Gasteiger partial charge in [-0.25, -0.2) is 4.79 Å². The highest BCUT2D eigenvalue weighted by molar-refractivity contribution is 6.39. The summed E-state index contributed by atoms with van der Waals surface area (Å²) in [6.45, 7) is 12.9. The van der Waals surface area contributed by atoms with E-state index in [1.54, 1.807) is 41.1 Å². The summed E-state index contributed by atoms with van der Waals surface area (Å²) in [7, 11) is 4.58. The van der Waals surface area contributed by atoms with E-state index in [4.69, 9.17) is 28.4 Å². The molecule has 3 heterocycles. The normalized spacial score (nSPS) is 37.9. The van der Waals surface area contributed by atoms with Gasteiger partial charge in [-0.3, -0.25) is 19.2 Å². The molecule has 4 aliphatic rings. The molecule has 2 saturated heterocycles. The van der Waals surface area contributed by atoms with Gasteiger partial charge in [0.2, 0.25) is 5.79 Å². The smallest absolute Gasteiger partial charge is 0.329 e. The van der Waals surface area contributed by atoms with Gasteiger partial charge >= 0.3 is 5.97 Å². The number of hydrogen-bond acceptors (Lipinski definition) is 14. The number of esters is 1. The van der Waals surface area contributed by atoms with E-state index in [-0.39, 0.29) is 74.1 Å². The second-order valence-corrected chi connectivity index (χ2v) is 20.2. The van der Waals surface area contributed by atoms with Crippen molar-refractivity contribution in [2.75, 3.05) is 41.1 Å². The van der Waals surface area contributed by atoms with E-state index in [0.29, 0.717) is 63.4 Å². The summed E-state index contributed by atoms with van der Waals surface area (Å²) in [5.74, 6) is -7.96. The van der Waals surface area contributed by atoms with Crippen molar-refractivity contribution in [2.24, 2.45) is 35.5 Å². The van der Waals surface area contributed by atoms with Crippen molar-refractivity contribution in [3.8, 4) is 0 Å². The van der Waals surface area contributed by atoms with Gasteiger partial charge in [-0.1, -0.05) is 71.1 Å². The maximum Gasteiger partial charge on any atom is 0.329 e. The Morgan fingerprint density at radius 1 is 0.853 bits per heavy atom. The Morgan fingerprint density at radius 3 is 2.26 bits per heavy atom. The molecule has 0 spiro atoms. The standard InChI is InChI=1S/C53H83NO14/c1-32-16-12-11-13-17-33(2)44(63-8)30-40-21-19-38(7)53(62,68-40)50(59)51(60)54-23-15-14-18-41(54)52(61)67-45(35(4)28-39-20-22-43(66-25-24-55)46(29-39)64-9)31-42(56)34(3)27-37(6)48(58)49(65-10)47(57)36(5)26-32/h11-13,16-17,27,32,34-36,38-41,43-46,48-49,55,58,62H,14-15,18-26,28-31H2,1-10H3/b13-11?,16-12+,33-17?,37-27+/t32-,34-,35-,36-,38-,39+,40?,41+,43-,44+,45+,46-,48-,49+,53-/m1/s1. The predicted molar refractivity (Wildman–Crippen MR) is 256 cm³/mol. The number of ether oxygens (including phenoxy) is 6. The van der Waals surface area contributed by atoms with Crippen LogP contribution in [0.4, 0.5) is 0 Å². The van der Waals surface area contributed by atoms with Crippen molar-refractivity contribution >= 4 is 29.2 Å². The molecule has 0 radical (unpaired) electrons. The third-order valence-corrected chi connectivity index (χ3v) is 14.9. The fourth-order valence-electron chi connectivity index (χ4n) is 10.5. The molecule has 1 aliphatic carbocycles. The van der Waals surface area contributed by atoms with Crippen LogP contribution < -0.4 is 0 Å². The molecule has 15 nitrogen and oxygen atoms in total. The third-order valence-electron chi connectivity index (χ3n) is 14.9. The van der Waals surface area contributed by atoms with Gasteiger partial charge in [-0.15, -0.1) is 0 Å². The number of Topliss-reactive ketones (excluding diaryl/α,β-unsaturated/α-hetero) is 3. The summed E-state index contributed by atoms with van der Waals surface area (Å²) < 4.78 is 35.6. The molecule has 15 heteroatoms. The first-order valence-electron chi connectivity index (χ1n) is 25.0. The molecule has 0 aromatic carbocycles. The monoisotopic (exact) mass is 958 g/mol. The average molecular weight is 958 g/mol. The number of piperidine rings is 1. The van der Waals surface area contributed by atoms with Crippen LogP contribution in [0.25, 0.3) is 0 Å². The van der Waals surface area contributed by atoms with Crippen LogP contribution in [0.5, 0.6) is 0 Å². The highest BCUT2D eigenvalue weighted by Crippen LogP contribution is 2.38. The second kappa shape index (κ2) is 27.3. The zero-order chi connectivity index (χ0) is 50.3. The van der Waals surface area contributed by atoms with Crippen LogP contribution in [0.1, 0.15) is 126 Å². The number of carbonyl (C=O) groups is 5. The molecule has 384 valence electrons. The van der Waals surface area contributed by atoms with E-state index < -0.39 is 77.8 Å². The quantitative estimate of drug-likeness (QED) is 0.134. The van der Waals surface area contributed by atoms with Crippen molar-refractivity contribution in [3.05, 3.63) is 47.6 Å². The lowest BCUT2D eigenvalue weighted by atomic mass is 9.78. The molecule has 4 rings (SSSR count). The van der Waals surface area contributed by atoms with Crippen LogP contribution in [-0.4, -0.2) is 145 Å². The van der Waals surface area contributed by atoms with E-state index in [1.807, 2.05) is 58.1 Å². The first-order chi connectivity index (χ1) is 32.3. The first-order valence-corrected chi connectivity index (χ1v) is 25.0. The number of cyclic esters (lactones) is 1. The predicted octanol–water partition coefficient (Wildman–Crippen LogP) is 6.20. The summed E-state index contributed by atoms with van der Waals surface area (Å²) in [5, 5.41) is 32.8. The fraction of sp³-hybridized carbons (Fsp3) is 0.755. The van der Waals surface area contributed by atoms with Crippen LogP contribution in [0.2, 0.25) is 0 Å². The second-order valence-electron chi connectivity index (χ2n) is 20.2. The summed E-state index contributed by atoms with van der Waals surface area (Å²) in [6, 6.07) is -1.14. The highest BCUT2D eigenvalue weighted by Gasteiger charge is 2.53. The van der Waals surface area contributed by atoms with Crippen LogP contribution in [-0.2, 0) is 52.4 Å². The molecule has 68 heavy (non-hydrogen) atoms. The molecule has 3 fully saturated rings. The van der Waals surface area contributed by atoms with Gasteiger partial charge in [0, 0.05) is 58.5 Å². The van der Waals surface area contributed by atoms with E-state index in [9.17, 15) is 39.3 Å². The number of hydrogen-bond donors (Lipinski definition) is 3. The van der Waals surface area contributed by atoms with Crippen LogP contribution >= 0.6 is 0 Å². The molecule has 1 saturated carbocycles.